The number of fused-ring (bicyclic) bond motifs is 1. The minimum absolute atomic E-state index is 0.118. The second-order valence-corrected chi connectivity index (χ2v) is 3.10. The van der Waals surface area contributed by atoms with Gasteiger partial charge < -0.3 is 15.4 Å². The van der Waals surface area contributed by atoms with Crippen LogP contribution in [0.3, 0.4) is 0 Å². The van der Waals surface area contributed by atoms with E-state index >= 15 is 0 Å². The molecule has 2 rings (SSSR count). The number of carboxylic acid groups (broad SMARTS) is 1. The summed E-state index contributed by atoms with van der Waals surface area (Å²) in [4.78, 5) is 10.6. The van der Waals surface area contributed by atoms with E-state index in [4.69, 9.17) is 5.11 Å². The van der Waals surface area contributed by atoms with Crippen molar-refractivity contribution in [1.82, 2.24) is 0 Å². The standard InChI is InChI=1S/C9H9NO3/c11-9(12)7-1-2-8-6(5-7)3-4-10(8)13/h1-2,5,10H,3-4H2,(H,11,12). The van der Waals surface area contributed by atoms with E-state index in [0.29, 0.717) is 18.7 Å². The van der Waals surface area contributed by atoms with Crippen LogP contribution in [0.15, 0.2) is 18.2 Å². The van der Waals surface area contributed by atoms with Gasteiger partial charge in [0.2, 0.25) is 0 Å². The SMILES string of the molecule is O=C(O)c1ccc2c(c1)CC[NH+]2[O-]. The Morgan fingerprint density at radius 2 is 2.31 bits per heavy atom. The highest BCUT2D eigenvalue weighted by Gasteiger charge is 2.19. The molecular weight excluding hydrogens is 170 g/mol. The Labute approximate surface area is 75.0 Å². The molecule has 1 aliphatic heterocycles. The van der Waals surface area contributed by atoms with Crippen LogP contribution in [0.2, 0.25) is 0 Å². The number of hydrogen-bond donors (Lipinski definition) is 2. The molecule has 0 fully saturated rings. The van der Waals surface area contributed by atoms with Crippen LogP contribution in [0, 0.1) is 5.21 Å². The molecule has 2 N–H and O–H groups in total. The van der Waals surface area contributed by atoms with Crippen LogP contribution in [0.5, 0.6) is 0 Å². The maximum Gasteiger partial charge on any atom is 0.335 e. The first-order chi connectivity index (χ1) is 6.18. The van der Waals surface area contributed by atoms with Crippen molar-refractivity contribution in [2.24, 2.45) is 0 Å². The number of aromatic carboxylic acids is 1. The van der Waals surface area contributed by atoms with Crippen molar-refractivity contribution in [2.45, 2.75) is 6.42 Å². The summed E-state index contributed by atoms with van der Waals surface area (Å²) >= 11 is 0. The molecule has 0 amide bonds. The third kappa shape index (κ3) is 1.30. The fourth-order valence-electron chi connectivity index (χ4n) is 1.59. The van der Waals surface area contributed by atoms with E-state index in [2.05, 4.69) is 0 Å². The molecule has 0 radical (unpaired) electrons. The predicted molar refractivity (Wildman–Crippen MR) is 46.0 cm³/mol. The molecule has 0 saturated heterocycles. The van der Waals surface area contributed by atoms with Crippen molar-refractivity contribution in [3.8, 4) is 0 Å². The Bertz CT molecular complexity index is 362. The average Bonchev–Trinajstić information content (AvgIpc) is 2.47. The highest BCUT2D eigenvalue weighted by Crippen LogP contribution is 2.17. The summed E-state index contributed by atoms with van der Waals surface area (Å²) in [5, 5.41) is 20.0. The molecule has 0 saturated carbocycles. The van der Waals surface area contributed by atoms with E-state index in [9.17, 15) is 10.0 Å². The zero-order valence-corrected chi connectivity index (χ0v) is 6.91. The molecule has 0 aromatic heterocycles. The smallest absolute Gasteiger partial charge is 0.335 e. The van der Waals surface area contributed by atoms with Crippen LogP contribution in [0.1, 0.15) is 15.9 Å². The van der Waals surface area contributed by atoms with Gasteiger partial charge in [-0.3, -0.25) is 0 Å². The van der Waals surface area contributed by atoms with Crippen LogP contribution in [0.25, 0.3) is 0 Å². The molecule has 1 heterocycles. The van der Waals surface area contributed by atoms with Gasteiger partial charge in [0.25, 0.3) is 0 Å². The molecule has 4 nitrogen and oxygen atoms in total. The molecule has 1 unspecified atom stereocenters. The zero-order chi connectivity index (χ0) is 9.42. The number of benzene rings is 1. The third-order valence-electron chi connectivity index (χ3n) is 2.27. The number of hydrogen-bond acceptors (Lipinski definition) is 2. The van der Waals surface area contributed by atoms with Crippen molar-refractivity contribution in [3.63, 3.8) is 0 Å². The molecule has 68 valence electrons. The van der Waals surface area contributed by atoms with Gasteiger partial charge in [0.05, 0.1) is 12.1 Å². The van der Waals surface area contributed by atoms with E-state index in [-0.39, 0.29) is 10.6 Å². The van der Waals surface area contributed by atoms with Crippen molar-refractivity contribution in [3.05, 3.63) is 34.5 Å². The molecule has 0 spiro atoms. The fraction of sp³-hybridized carbons (Fsp3) is 0.222. The van der Waals surface area contributed by atoms with Gasteiger partial charge in [0, 0.05) is 18.1 Å². The van der Waals surface area contributed by atoms with Crippen LogP contribution >= 0.6 is 0 Å². The van der Waals surface area contributed by atoms with E-state index in [1.165, 1.54) is 6.07 Å². The van der Waals surface area contributed by atoms with Crippen molar-refractivity contribution < 1.29 is 15.0 Å². The summed E-state index contributed by atoms with van der Waals surface area (Å²) in [5.74, 6) is -0.942. The van der Waals surface area contributed by atoms with Crippen molar-refractivity contribution in [1.29, 1.82) is 0 Å². The second kappa shape index (κ2) is 2.83. The normalized spacial score (nSPS) is 19.9. The van der Waals surface area contributed by atoms with Gasteiger partial charge >= 0.3 is 5.97 Å². The maximum absolute atomic E-state index is 11.2. The van der Waals surface area contributed by atoms with Gasteiger partial charge in [-0.25, -0.2) is 4.79 Å². The topological polar surface area (TPSA) is 64.8 Å². The fourth-order valence-corrected chi connectivity index (χ4v) is 1.59. The van der Waals surface area contributed by atoms with Crippen molar-refractivity contribution in [2.75, 3.05) is 6.54 Å². The monoisotopic (exact) mass is 179 g/mol. The summed E-state index contributed by atoms with van der Waals surface area (Å²) in [6, 6.07) is 4.67. The number of rotatable bonds is 1. The lowest BCUT2D eigenvalue weighted by Crippen LogP contribution is -3.00. The van der Waals surface area contributed by atoms with Crippen LogP contribution in [0.4, 0.5) is 5.69 Å². The Morgan fingerprint density at radius 3 is 3.00 bits per heavy atom. The second-order valence-electron chi connectivity index (χ2n) is 3.10. The minimum Gasteiger partial charge on any atom is -0.629 e. The first-order valence-corrected chi connectivity index (χ1v) is 4.08. The summed E-state index contributed by atoms with van der Waals surface area (Å²) in [6.45, 7) is 0.512. The lowest BCUT2D eigenvalue weighted by Gasteiger charge is -2.14. The number of carboxylic acids is 1. The molecular formula is C9H9NO3. The van der Waals surface area contributed by atoms with Crippen LogP contribution in [-0.4, -0.2) is 17.6 Å². The maximum atomic E-state index is 11.2. The van der Waals surface area contributed by atoms with E-state index in [1.807, 2.05) is 0 Å². The molecule has 1 aromatic carbocycles. The number of carbonyl (C=O) groups is 1. The molecule has 1 aromatic rings. The number of quaternary nitrogens is 1. The van der Waals surface area contributed by atoms with Gasteiger partial charge in [0.15, 0.2) is 0 Å². The molecule has 0 bridgehead atoms. The Hall–Kier alpha value is -1.39. The summed E-state index contributed by atoms with van der Waals surface area (Å²) in [5.41, 5.74) is 1.81. The lowest BCUT2D eigenvalue weighted by molar-refractivity contribution is -0.768. The molecule has 13 heavy (non-hydrogen) atoms. The van der Waals surface area contributed by atoms with Crippen LogP contribution in [-0.2, 0) is 6.42 Å². The van der Waals surface area contributed by atoms with Gasteiger partial charge in [0.1, 0.15) is 5.69 Å². The van der Waals surface area contributed by atoms with E-state index in [0.717, 1.165) is 5.56 Å². The van der Waals surface area contributed by atoms with Gasteiger partial charge in [-0.15, -0.1) is 0 Å². The molecule has 1 atom stereocenters. The molecule has 0 aliphatic carbocycles. The van der Waals surface area contributed by atoms with E-state index in [1.54, 1.807) is 12.1 Å². The van der Waals surface area contributed by atoms with Crippen molar-refractivity contribution >= 4 is 11.7 Å². The Kier molecular flexibility index (Phi) is 1.79. The summed E-state index contributed by atoms with van der Waals surface area (Å²) in [7, 11) is 0. The Morgan fingerprint density at radius 1 is 1.54 bits per heavy atom. The van der Waals surface area contributed by atoms with E-state index < -0.39 is 5.97 Å². The lowest BCUT2D eigenvalue weighted by atomic mass is 10.1. The first-order valence-electron chi connectivity index (χ1n) is 4.08. The highest BCUT2D eigenvalue weighted by molar-refractivity contribution is 5.88. The number of nitrogens with one attached hydrogen (secondary N) is 1. The van der Waals surface area contributed by atoms with Crippen LogP contribution < -0.4 is 5.06 Å². The number of hydroxylamine groups is 1. The van der Waals surface area contributed by atoms with Gasteiger partial charge in [-0.2, -0.15) is 0 Å². The summed E-state index contributed by atoms with van der Waals surface area (Å²) < 4.78 is 0. The molecule has 1 aliphatic rings. The average molecular weight is 179 g/mol. The van der Waals surface area contributed by atoms with Gasteiger partial charge in [-0.05, 0) is 12.1 Å². The highest BCUT2D eigenvalue weighted by atomic mass is 16.5. The Balaban J connectivity index is 2.45. The third-order valence-corrected chi connectivity index (χ3v) is 2.27. The molecule has 4 heteroatoms. The quantitative estimate of drug-likeness (QED) is 0.594. The van der Waals surface area contributed by atoms with Gasteiger partial charge in [-0.1, -0.05) is 0 Å². The first kappa shape index (κ1) is 8.22. The zero-order valence-electron chi connectivity index (χ0n) is 6.91. The predicted octanol–water partition coefficient (Wildman–Crippen LogP) is -0.0449. The minimum atomic E-state index is -0.942. The largest absolute Gasteiger partial charge is 0.629 e. The summed E-state index contributed by atoms with van der Waals surface area (Å²) in [6.07, 6.45) is 0.676.